The zero-order valence-electron chi connectivity index (χ0n) is 19.7. The minimum Gasteiger partial charge on any atom is -0.338 e. The van der Waals surface area contributed by atoms with Crippen LogP contribution in [-0.4, -0.2) is 78.2 Å². The van der Waals surface area contributed by atoms with Crippen LogP contribution in [0.1, 0.15) is 53.6 Å². The van der Waals surface area contributed by atoms with E-state index in [9.17, 15) is 24.0 Å². The molecule has 2 fully saturated rings. The number of rotatable bonds is 3. The predicted molar refractivity (Wildman–Crippen MR) is 125 cm³/mol. The number of fused-ring (bicyclic) bond motifs is 1. The van der Waals surface area contributed by atoms with Crippen molar-refractivity contribution in [2.24, 2.45) is 0 Å². The van der Waals surface area contributed by atoms with Crippen LogP contribution < -0.4 is 15.5 Å². The number of ketones is 1. The second-order valence-electron chi connectivity index (χ2n) is 9.30. The first-order valence-corrected chi connectivity index (χ1v) is 11.9. The van der Waals surface area contributed by atoms with E-state index in [2.05, 4.69) is 10.6 Å². The van der Waals surface area contributed by atoms with Crippen molar-refractivity contribution in [1.29, 1.82) is 0 Å². The Hall–Kier alpha value is -3.43. The van der Waals surface area contributed by atoms with Crippen LogP contribution >= 0.6 is 0 Å². The minimum atomic E-state index is -0.695. The summed E-state index contributed by atoms with van der Waals surface area (Å²) in [5, 5.41) is 5.23. The summed E-state index contributed by atoms with van der Waals surface area (Å²) in [7, 11) is 0. The van der Waals surface area contributed by atoms with Gasteiger partial charge in [0, 0.05) is 32.2 Å². The molecular weight excluding hydrogens is 438 g/mol. The zero-order valence-corrected chi connectivity index (χ0v) is 19.7. The maximum Gasteiger partial charge on any atom is 0.325 e. The average Bonchev–Trinajstić information content (AvgIpc) is 3.04. The third-order valence-electron chi connectivity index (χ3n) is 6.77. The van der Waals surface area contributed by atoms with Crippen LogP contribution in [0.25, 0.3) is 0 Å². The highest BCUT2D eigenvalue weighted by Gasteiger charge is 2.39. The monoisotopic (exact) mass is 469 g/mol. The van der Waals surface area contributed by atoms with Crippen LogP contribution in [0, 0.1) is 13.8 Å². The van der Waals surface area contributed by atoms with Gasteiger partial charge in [-0.3, -0.25) is 24.6 Å². The van der Waals surface area contributed by atoms with E-state index in [1.165, 1.54) is 16.2 Å². The molecule has 2 heterocycles. The largest absolute Gasteiger partial charge is 0.338 e. The molecule has 0 atom stereocenters. The van der Waals surface area contributed by atoms with Crippen molar-refractivity contribution in [3.05, 3.63) is 28.8 Å². The van der Waals surface area contributed by atoms with Gasteiger partial charge in [-0.1, -0.05) is 25.3 Å². The Morgan fingerprint density at radius 2 is 1.59 bits per heavy atom. The lowest BCUT2D eigenvalue weighted by atomic mass is 9.96. The number of hydrogen-bond acceptors (Lipinski definition) is 5. The number of benzene rings is 1. The standard InChI is InChI=1S/C24H31N5O5/c1-15-12-16(2)20-18(13-15)21(31)22(32)29(20)14-19(30)27-8-10-28(11-9-27)24(34)26-23(33)25-17-6-4-3-5-7-17/h12-13,17H,3-11,14H2,1-2H3,(H2,25,26,33,34). The molecule has 0 unspecified atom stereocenters. The molecule has 10 nitrogen and oxygen atoms in total. The highest BCUT2D eigenvalue weighted by atomic mass is 16.2. The molecule has 1 saturated carbocycles. The lowest BCUT2D eigenvalue weighted by Gasteiger charge is -2.35. The summed E-state index contributed by atoms with van der Waals surface area (Å²) in [6.45, 7) is 4.56. The Morgan fingerprint density at radius 3 is 2.26 bits per heavy atom. The van der Waals surface area contributed by atoms with Crippen molar-refractivity contribution in [2.75, 3.05) is 37.6 Å². The van der Waals surface area contributed by atoms with Crippen molar-refractivity contribution in [2.45, 2.75) is 52.0 Å². The van der Waals surface area contributed by atoms with Crippen molar-refractivity contribution in [3.63, 3.8) is 0 Å². The van der Waals surface area contributed by atoms with Crippen molar-refractivity contribution >= 4 is 35.3 Å². The van der Waals surface area contributed by atoms with Gasteiger partial charge >= 0.3 is 12.1 Å². The number of aryl methyl sites for hydroxylation is 2. The number of nitrogens with one attached hydrogen (secondary N) is 2. The van der Waals surface area contributed by atoms with Gasteiger partial charge in [0.2, 0.25) is 5.91 Å². The van der Waals surface area contributed by atoms with E-state index in [1.807, 2.05) is 19.9 Å². The molecule has 3 aliphatic rings. The summed E-state index contributed by atoms with van der Waals surface area (Å²) in [4.78, 5) is 66.8. The maximum atomic E-state index is 12.9. The first-order chi connectivity index (χ1) is 16.2. The molecule has 1 aromatic rings. The fourth-order valence-corrected chi connectivity index (χ4v) is 5.02. The van der Waals surface area contributed by atoms with Crippen LogP contribution in [0.2, 0.25) is 0 Å². The van der Waals surface area contributed by atoms with Gasteiger partial charge in [-0.25, -0.2) is 9.59 Å². The number of Topliss-reactive ketones (excluding diaryl/α,β-unsaturated/α-hetero) is 1. The molecule has 1 aliphatic carbocycles. The second kappa shape index (κ2) is 9.82. The molecule has 2 aliphatic heterocycles. The molecule has 0 bridgehead atoms. The first-order valence-electron chi connectivity index (χ1n) is 11.9. The molecule has 0 radical (unpaired) electrons. The molecule has 4 rings (SSSR count). The molecule has 10 heteroatoms. The number of nitrogens with zero attached hydrogens (tertiary/aromatic N) is 3. The number of carbonyl (C=O) groups excluding carboxylic acids is 5. The van der Waals surface area contributed by atoms with Crippen molar-refractivity contribution in [3.8, 4) is 0 Å². The Bertz CT molecular complexity index is 1020. The van der Waals surface area contributed by atoms with Gasteiger partial charge in [0.1, 0.15) is 6.54 Å². The Labute approximate surface area is 198 Å². The summed E-state index contributed by atoms with van der Waals surface area (Å²) in [6, 6.07) is 2.69. The van der Waals surface area contributed by atoms with E-state index in [-0.39, 0.29) is 44.7 Å². The summed E-state index contributed by atoms with van der Waals surface area (Å²) in [6.07, 6.45) is 5.19. The number of urea groups is 2. The Kier molecular flexibility index (Phi) is 6.85. The predicted octanol–water partition coefficient (Wildman–Crippen LogP) is 1.73. The quantitative estimate of drug-likeness (QED) is 0.654. The van der Waals surface area contributed by atoms with E-state index in [1.54, 1.807) is 11.0 Å². The first kappa shape index (κ1) is 23.7. The summed E-state index contributed by atoms with van der Waals surface area (Å²) in [5.74, 6) is -1.58. The summed E-state index contributed by atoms with van der Waals surface area (Å²) >= 11 is 0. The highest BCUT2D eigenvalue weighted by Crippen LogP contribution is 2.33. The maximum absolute atomic E-state index is 12.9. The lowest BCUT2D eigenvalue weighted by Crippen LogP contribution is -2.57. The lowest BCUT2D eigenvalue weighted by molar-refractivity contribution is -0.132. The average molecular weight is 470 g/mol. The van der Waals surface area contributed by atoms with Gasteiger partial charge in [-0.2, -0.15) is 0 Å². The molecule has 182 valence electrons. The van der Waals surface area contributed by atoms with E-state index in [4.69, 9.17) is 0 Å². The topological polar surface area (TPSA) is 119 Å². The van der Waals surface area contributed by atoms with Gasteiger partial charge < -0.3 is 15.1 Å². The van der Waals surface area contributed by atoms with Gasteiger partial charge in [0.15, 0.2) is 0 Å². The van der Waals surface area contributed by atoms with Crippen LogP contribution in [-0.2, 0) is 9.59 Å². The van der Waals surface area contributed by atoms with E-state index < -0.39 is 23.8 Å². The molecule has 0 spiro atoms. The number of imide groups is 1. The smallest absolute Gasteiger partial charge is 0.325 e. The SMILES string of the molecule is Cc1cc(C)c2c(c1)C(=O)C(=O)N2CC(=O)N1CCN(C(=O)NC(=O)NC2CCCCC2)CC1. The third-order valence-corrected chi connectivity index (χ3v) is 6.77. The number of amides is 6. The molecule has 34 heavy (non-hydrogen) atoms. The second-order valence-corrected chi connectivity index (χ2v) is 9.30. The highest BCUT2D eigenvalue weighted by molar-refractivity contribution is 6.52. The van der Waals surface area contributed by atoms with Crippen molar-refractivity contribution < 1.29 is 24.0 Å². The van der Waals surface area contributed by atoms with Crippen LogP contribution in [0.3, 0.4) is 0 Å². The Balaban J connectivity index is 1.29. The summed E-state index contributed by atoms with van der Waals surface area (Å²) < 4.78 is 0. The molecule has 0 aromatic heterocycles. The van der Waals surface area contributed by atoms with Crippen LogP contribution in [0.4, 0.5) is 15.3 Å². The summed E-state index contributed by atoms with van der Waals surface area (Å²) in [5.41, 5.74) is 2.49. The fraction of sp³-hybridized carbons (Fsp3) is 0.542. The number of piperazine rings is 1. The van der Waals surface area contributed by atoms with Crippen LogP contribution in [0.15, 0.2) is 12.1 Å². The van der Waals surface area contributed by atoms with E-state index in [0.717, 1.165) is 36.8 Å². The molecule has 1 saturated heterocycles. The Morgan fingerprint density at radius 1 is 0.941 bits per heavy atom. The molecule has 6 amide bonds. The van der Waals surface area contributed by atoms with Gasteiger partial charge in [-0.15, -0.1) is 0 Å². The normalized spacial score (nSPS) is 18.7. The number of carbonyl (C=O) groups is 5. The van der Waals surface area contributed by atoms with Gasteiger partial charge in [-0.05, 0) is 43.9 Å². The molecule has 2 N–H and O–H groups in total. The van der Waals surface area contributed by atoms with E-state index >= 15 is 0 Å². The van der Waals surface area contributed by atoms with E-state index in [0.29, 0.717) is 11.3 Å². The van der Waals surface area contributed by atoms with Crippen LogP contribution in [0.5, 0.6) is 0 Å². The van der Waals surface area contributed by atoms with Gasteiger partial charge in [0.05, 0.1) is 11.3 Å². The third kappa shape index (κ3) is 4.90. The number of anilines is 1. The molecule has 1 aromatic carbocycles. The van der Waals surface area contributed by atoms with Crippen molar-refractivity contribution in [1.82, 2.24) is 20.4 Å². The van der Waals surface area contributed by atoms with Gasteiger partial charge in [0.25, 0.3) is 11.7 Å². The zero-order chi connectivity index (χ0) is 24.4. The number of hydrogen-bond donors (Lipinski definition) is 2. The minimum absolute atomic E-state index is 0.105. The fourth-order valence-electron chi connectivity index (χ4n) is 5.02. The molecular formula is C24H31N5O5.